The number of hydrogen-bond donors (Lipinski definition) is 1. The lowest BCUT2D eigenvalue weighted by atomic mass is 10.0. The molecule has 6 heteroatoms. The third-order valence-electron chi connectivity index (χ3n) is 5.39. The molecule has 0 saturated carbocycles. The van der Waals surface area contributed by atoms with Gasteiger partial charge in [0, 0.05) is 30.3 Å². The highest BCUT2D eigenvalue weighted by atomic mass is 16.6. The van der Waals surface area contributed by atoms with Gasteiger partial charge in [0.15, 0.2) is 0 Å². The molecule has 3 aromatic rings. The Morgan fingerprint density at radius 3 is 2.06 bits per heavy atom. The van der Waals surface area contributed by atoms with Crippen molar-refractivity contribution >= 4 is 11.9 Å². The van der Waals surface area contributed by atoms with Gasteiger partial charge in [-0.05, 0) is 33.6 Å². The van der Waals surface area contributed by atoms with Crippen LogP contribution in [0.4, 0.5) is 10.6 Å². The maximum atomic E-state index is 12.1. The molecule has 0 atom stereocenters. The molecule has 1 saturated heterocycles. The predicted octanol–water partition coefficient (Wildman–Crippen LogP) is 5.30. The molecule has 6 nitrogen and oxygen atoms in total. The number of anilines is 1. The third kappa shape index (κ3) is 5.44. The molecule has 4 rings (SSSR count). The highest BCUT2D eigenvalue weighted by Crippen LogP contribution is 2.31. The van der Waals surface area contributed by atoms with E-state index in [0.717, 1.165) is 54.3 Å². The Hall–Kier alpha value is -3.41. The second kappa shape index (κ2) is 9.39. The lowest BCUT2D eigenvalue weighted by molar-refractivity contribution is 0.0497. The van der Waals surface area contributed by atoms with Crippen LogP contribution in [0.3, 0.4) is 0 Å². The Kier molecular flexibility index (Phi) is 6.40. The summed E-state index contributed by atoms with van der Waals surface area (Å²) in [5.41, 5.74) is 3.35. The molecule has 0 radical (unpaired) electrons. The Bertz CT molecular complexity index is 1040. The topological polar surface area (TPSA) is 67.3 Å². The van der Waals surface area contributed by atoms with E-state index in [1.165, 1.54) is 0 Å². The molecule has 1 aliphatic rings. The first-order valence-corrected chi connectivity index (χ1v) is 11.1. The fourth-order valence-electron chi connectivity index (χ4n) is 3.86. The van der Waals surface area contributed by atoms with E-state index in [1.54, 1.807) is 0 Å². The number of ether oxygens (including phenoxy) is 1. The number of alkyl carbamates (subject to hydrolysis) is 1. The van der Waals surface area contributed by atoms with Crippen molar-refractivity contribution in [1.82, 2.24) is 15.3 Å². The molecule has 1 fully saturated rings. The van der Waals surface area contributed by atoms with Gasteiger partial charge in [-0.25, -0.2) is 9.78 Å². The lowest BCUT2D eigenvalue weighted by Crippen LogP contribution is -2.46. The van der Waals surface area contributed by atoms with Gasteiger partial charge >= 0.3 is 6.09 Å². The van der Waals surface area contributed by atoms with Crippen LogP contribution in [0, 0.1) is 0 Å². The summed E-state index contributed by atoms with van der Waals surface area (Å²) < 4.78 is 5.39. The summed E-state index contributed by atoms with van der Waals surface area (Å²) in [5, 5.41) is 2.99. The van der Waals surface area contributed by atoms with E-state index < -0.39 is 5.60 Å². The number of carbonyl (C=O) groups is 1. The van der Waals surface area contributed by atoms with Crippen LogP contribution >= 0.6 is 0 Å². The van der Waals surface area contributed by atoms with Crippen molar-refractivity contribution in [3.8, 4) is 22.5 Å². The number of piperidine rings is 1. The second-order valence-electron chi connectivity index (χ2n) is 9.07. The Balaban J connectivity index is 1.51. The summed E-state index contributed by atoms with van der Waals surface area (Å²) in [5.74, 6) is 0.860. The SMILES string of the molecule is CC(C)(C)OC(=O)NC1CCN(c2cnc(-c3ccccc3)c(-c3ccccc3)n2)CC1. The quantitative estimate of drug-likeness (QED) is 0.608. The summed E-state index contributed by atoms with van der Waals surface area (Å²) >= 11 is 0. The molecule has 0 aliphatic carbocycles. The van der Waals surface area contributed by atoms with Gasteiger partial charge in [0.1, 0.15) is 11.4 Å². The molecular formula is C26H30N4O2. The maximum Gasteiger partial charge on any atom is 0.407 e. The summed E-state index contributed by atoms with van der Waals surface area (Å²) in [6.45, 7) is 7.22. The zero-order valence-electron chi connectivity index (χ0n) is 18.9. The van der Waals surface area contributed by atoms with Gasteiger partial charge in [0.25, 0.3) is 0 Å². The molecule has 0 bridgehead atoms. The van der Waals surface area contributed by atoms with Crippen molar-refractivity contribution in [3.63, 3.8) is 0 Å². The predicted molar refractivity (Wildman–Crippen MR) is 128 cm³/mol. The van der Waals surface area contributed by atoms with E-state index in [-0.39, 0.29) is 12.1 Å². The number of nitrogens with zero attached hydrogens (tertiary/aromatic N) is 3. The molecule has 2 heterocycles. The number of hydrogen-bond acceptors (Lipinski definition) is 5. The molecule has 1 aliphatic heterocycles. The van der Waals surface area contributed by atoms with Crippen molar-refractivity contribution in [1.29, 1.82) is 0 Å². The fourth-order valence-corrected chi connectivity index (χ4v) is 3.86. The Labute approximate surface area is 189 Å². The molecule has 166 valence electrons. The van der Waals surface area contributed by atoms with Crippen molar-refractivity contribution in [2.75, 3.05) is 18.0 Å². The normalized spacial score (nSPS) is 14.8. The minimum absolute atomic E-state index is 0.103. The van der Waals surface area contributed by atoms with Gasteiger partial charge in [-0.1, -0.05) is 60.7 Å². The zero-order valence-corrected chi connectivity index (χ0v) is 18.9. The van der Waals surface area contributed by atoms with E-state index in [1.807, 2.05) is 63.4 Å². The number of aromatic nitrogens is 2. The van der Waals surface area contributed by atoms with E-state index in [4.69, 9.17) is 14.7 Å². The van der Waals surface area contributed by atoms with Gasteiger partial charge < -0.3 is 15.0 Å². The average Bonchev–Trinajstić information content (AvgIpc) is 2.79. The zero-order chi connectivity index (χ0) is 22.6. The molecule has 1 N–H and O–H groups in total. The van der Waals surface area contributed by atoms with Crippen molar-refractivity contribution in [3.05, 3.63) is 66.9 Å². The standard InChI is InChI=1S/C26H30N4O2/c1-26(2,3)32-25(31)28-21-14-16-30(17-15-21)22-18-27-23(19-10-6-4-7-11-19)24(29-22)20-12-8-5-9-13-20/h4-13,18,21H,14-17H2,1-3H3,(H,28,31). The van der Waals surface area contributed by atoms with Crippen LogP contribution in [0.25, 0.3) is 22.5 Å². The fraction of sp³-hybridized carbons (Fsp3) is 0.346. The molecule has 1 aromatic heterocycles. The van der Waals surface area contributed by atoms with Crippen LogP contribution in [0.1, 0.15) is 33.6 Å². The number of amides is 1. The van der Waals surface area contributed by atoms with Crippen LogP contribution in [-0.2, 0) is 4.74 Å². The van der Waals surface area contributed by atoms with Gasteiger partial charge in [-0.2, -0.15) is 0 Å². The first kappa shape index (κ1) is 21.8. The summed E-state index contributed by atoms with van der Waals surface area (Å²) in [6.07, 6.45) is 3.18. The third-order valence-corrected chi connectivity index (χ3v) is 5.39. The number of nitrogens with one attached hydrogen (secondary N) is 1. The highest BCUT2D eigenvalue weighted by Gasteiger charge is 2.25. The highest BCUT2D eigenvalue weighted by molar-refractivity contribution is 5.78. The summed E-state index contributed by atoms with van der Waals surface area (Å²) in [7, 11) is 0. The molecular weight excluding hydrogens is 400 g/mol. The number of benzene rings is 2. The van der Waals surface area contributed by atoms with Crippen molar-refractivity contribution in [2.24, 2.45) is 0 Å². The minimum Gasteiger partial charge on any atom is -0.444 e. The maximum absolute atomic E-state index is 12.1. The molecule has 0 spiro atoms. The van der Waals surface area contributed by atoms with E-state index in [9.17, 15) is 4.79 Å². The van der Waals surface area contributed by atoms with Gasteiger partial charge in [0.05, 0.1) is 17.6 Å². The summed E-state index contributed by atoms with van der Waals surface area (Å²) in [4.78, 5) is 24.2. The van der Waals surface area contributed by atoms with E-state index >= 15 is 0 Å². The average molecular weight is 431 g/mol. The van der Waals surface area contributed by atoms with Crippen LogP contribution in [0.15, 0.2) is 66.9 Å². The summed E-state index contributed by atoms with van der Waals surface area (Å²) in [6, 6.07) is 20.4. The molecule has 2 aromatic carbocycles. The van der Waals surface area contributed by atoms with Crippen LogP contribution in [0.5, 0.6) is 0 Å². The van der Waals surface area contributed by atoms with Crippen LogP contribution in [0.2, 0.25) is 0 Å². The first-order chi connectivity index (χ1) is 15.4. The molecule has 1 amide bonds. The monoisotopic (exact) mass is 430 g/mol. The second-order valence-corrected chi connectivity index (χ2v) is 9.07. The van der Waals surface area contributed by atoms with E-state index in [0.29, 0.717) is 0 Å². The molecule has 32 heavy (non-hydrogen) atoms. The number of carbonyl (C=O) groups excluding carboxylic acids is 1. The minimum atomic E-state index is -0.491. The molecule has 0 unspecified atom stereocenters. The van der Waals surface area contributed by atoms with Gasteiger partial charge in [-0.3, -0.25) is 4.98 Å². The van der Waals surface area contributed by atoms with Crippen molar-refractivity contribution < 1.29 is 9.53 Å². The first-order valence-electron chi connectivity index (χ1n) is 11.1. The van der Waals surface area contributed by atoms with Crippen LogP contribution < -0.4 is 10.2 Å². The van der Waals surface area contributed by atoms with Crippen LogP contribution in [-0.4, -0.2) is 40.8 Å². The lowest BCUT2D eigenvalue weighted by Gasteiger charge is -2.33. The Morgan fingerprint density at radius 2 is 1.50 bits per heavy atom. The number of rotatable bonds is 4. The van der Waals surface area contributed by atoms with Gasteiger partial charge in [-0.15, -0.1) is 0 Å². The van der Waals surface area contributed by atoms with E-state index in [2.05, 4.69) is 34.5 Å². The Morgan fingerprint density at radius 1 is 0.938 bits per heavy atom. The smallest absolute Gasteiger partial charge is 0.407 e. The van der Waals surface area contributed by atoms with Crippen molar-refractivity contribution in [2.45, 2.75) is 45.3 Å². The largest absolute Gasteiger partial charge is 0.444 e. The van der Waals surface area contributed by atoms with Gasteiger partial charge in [0.2, 0.25) is 0 Å².